The van der Waals surface area contributed by atoms with Gasteiger partial charge in [-0.1, -0.05) is 30.3 Å². The van der Waals surface area contributed by atoms with Crippen molar-refractivity contribution < 1.29 is 33.0 Å². The first-order chi connectivity index (χ1) is 24.0. The van der Waals surface area contributed by atoms with E-state index in [-0.39, 0.29) is 47.9 Å². The van der Waals surface area contributed by atoms with Crippen molar-refractivity contribution in [1.29, 1.82) is 0 Å². The second kappa shape index (κ2) is 15.3. The first-order valence-electron chi connectivity index (χ1n) is 16.9. The third kappa shape index (κ3) is 8.60. The lowest BCUT2D eigenvalue weighted by atomic mass is 9.72. The standard InChI is InChI=1S/C38H41F2N5O5/c1-23-16-31(44-34(17-23)45-33-18-26(35(39)40)14-15-41-33)27-10-13-32(42-21-27)38(2,48)28-11-8-25(9-12-28)36(46)50-30-19-29(20-30)43-37(47)49-22-24-6-4-3-5-7-24/h3-7,10,13-18,21,25,28-30,35,48H,8-9,11-12,19-20,22H2,1-2H3,(H,43,47)(H,41,44,45)/t25-,28-,29-,30-,38-/m1/s1. The summed E-state index contributed by atoms with van der Waals surface area (Å²) in [5.41, 5.74) is 2.37. The fraction of sp³-hybridized carbons (Fsp3) is 0.395. The highest BCUT2D eigenvalue weighted by Gasteiger charge is 2.41. The molecule has 3 heterocycles. The molecule has 1 amide bonds. The Bertz CT molecular complexity index is 1780. The highest BCUT2D eigenvalue weighted by Crippen LogP contribution is 2.41. The van der Waals surface area contributed by atoms with Crippen molar-refractivity contribution in [3.05, 3.63) is 102 Å². The normalized spacial score (nSPS) is 21.4. The molecule has 3 aromatic heterocycles. The van der Waals surface area contributed by atoms with E-state index in [1.54, 1.807) is 25.3 Å². The van der Waals surface area contributed by atoms with Gasteiger partial charge >= 0.3 is 12.1 Å². The lowest BCUT2D eigenvalue weighted by molar-refractivity contribution is -0.161. The number of anilines is 2. The van der Waals surface area contributed by atoms with Crippen LogP contribution in [-0.4, -0.2) is 44.3 Å². The Balaban J connectivity index is 0.968. The molecule has 12 heteroatoms. The second-order valence-electron chi connectivity index (χ2n) is 13.4. The molecule has 0 bridgehead atoms. The van der Waals surface area contributed by atoms with Crippen molar-refractivity contribution in [3.63, 3.8) is 0 Å². The summed E-state index contributed by atoms with van der Waals surface area (Å²) in [7, 11) is 0. The van der Waals surface area contributed by atoms with Crippen molar-refractivity contribution in [1.82, 2.24) is 20.3 Å². The minimum absolute atomic E-state index is 0.0867. The van der Waals surface area contributed by atoms with Gasteiger partial charge < -0.3 is 25.2 Å². The molecule has 2 aliphatic carbocycles. The smallest absolute Gasteiger partial charge is 0.407 e. The first-order valence-corrected chi connectivity index (χ1v) is 16.9. The van der Waals surface area contributed by atoms with Crippen LogP contribution in [0.15, 0.2) is 79.1 Å². The Labute approximate surface area is 289 Å². The number of carbonyl (C=O) groups is 2. The van der Waals surface area contributed by atoms with Crippen LogP contribution in [0.2, 0.25) is 0 Å². The van der Waals surface area contributed by atoms with E-state index in [0.717, 1.165) is 16.7 Å². The number of alkyl halides is 2. The van der Waals surface area contributed by atoms with E-state index in [2.05, 4.69) is 25.6 Å². The Morgan fingerprint density at radius 3 is 2.44 bits per heavy atom. The third-order valence-electron chi connectivity index (χ3n) is 9.61. The molecule has 4 aromatic rings. The SMILES string of the molecule is Cc1cc(Nc2cc(C(F)F)ccn2)nc(-c2ccc([C@](C)(O)[C@H]3CC[C@H](C(=O)O[C@H]4C[C@H](NC(=O)OCc5ccccc5)C4)CC3)nc2)c1. The number of benzene rings is 1. The van der Waals surface area contributed by atoms with Crippen LogP contribution in [0, 0.1) is 18.8 Å². The van der Waals surface area contributed by atoms with Crippen LogP contribution in [0.5, 0.6) is 0 Å². The Kier molecular flexibility index (Phi) is 10.7. The summed E-state index contributed by atoms with van der Waals surface area (Å²) in [6.45, 7) is 3.87. The molecule has 0 spiro atoms. The van der Waals surface area contributed by atoms with Gasteiger partial charge in [0.25, 0.3) is 6.43 Å². The molecule has 0 aliphatic heterocycles. The summed E-state index contributed by atoms with van der Waals surface area (Å²) in [4.78, 5) is 38.4. The zero-order valence-corrected chi connectivity index (χ0v) is 28.0. The topological polar surface area (TPSA) is 136 Å². The van der Waals surface area contributed by atoms with E-state index in [1.165, 1.54) is 18.3 Å². The number of halogens is 2. The number of pyridine rings is 3. The van der Waals surface area contributed by atoms with Crippen molar-refractivity contribution >= 4 is 23.7 Å². The number of aromatic nitrogens is 3. The zero-order valence-electron chi connectivity index (χ0n) is 28.0. The fourth-order valence-corrected chi connectivity index (χ4v) is 6.58. The zero-order chi connectivity index (χ0) is 35.3. The van der Waals surface area contributed by atoms with Gasteiger partial charge in [-0.3, -0.25) is 9.78 Å². The molecular weight excluding hydrogens is 644 g/mol. The number of nitrogens with one attached hydrogen (secondary N) is 2. The van der Waals surface area contributed by atoms with Gasteiger partial charge in [-0.05, 0) is 93.0 Å². The molecule has 0 saturated heterocycles. The van der Waals surface area contributed by atoms with Gasteiger partial charge in [0.2, 0.25) is 0 Å². The number of nitrogens with zero attached hydrogens (tertiary/aromatic N) is 3. The number of carbonyl (C=O) groups excluding carboxylic acids is 2. The van der Waals surface area contributed by atoms with Crippen LogP contribution >= 0.6 is 0 Å². The number of hydrogen-bond donors (Lipinski definition) is 3. The summed E-state index contributed by atoms with van der Waals surface area (Å²) < 4.78 is 37.3. The molecule has 1 aromatic carbocycles. The number of ether oxygens (including phenoxy) is 2. The van der Waals surface area contributed by atoms with Gasteiger partial charge in [-0.25, -0.2) is 23.5 Å². The molecule has 1 atom stereocenters. The van der Waals surface area contributed by atoms with Crippen LogP contribution in [0.25, 0.3) is 11.3 Å². The van der Waals surface area contributed by atoms with Crippen molar-refractivity contribution in [2.45, 2.75) is 83.2 Å². The number of amides is 1. The maximum absolute atomic E-state index is 13.1. The van der Waals surface area contributed by atoms with Gasteiger partial charge in [0, 0.05) is 42.4 Å². The summed E-state index contributed by atoms with van der Waals surface area (Å²) in [6.07, 6.45) is 3.29. The lowest BCUT2D eigenvalue weighted by Gasteiger charge is -2.39. The number of aliphatic hydroxyl groups is 1. The molecule has 0 radical (unpaired) electrons. The molecule has 3 N–H and O–H groups in total. The highest BCUT2D eigenvalue weighted by molar-refractivity contribution is 5.73. The van der Waals surface area contributed by atoms with Crippen LogP contribution in [0.4, 0.5) is 25.2 Å². The van der Waals surface area contributed by atoms with E-state index in [0.29, 0.717) is 55.7 Å². The quantitative estimate of drug-likeness (QED) is 0.137. The van der Waals surface area contributed by atoms with Gasteiger partial charge in [0.1, 0.15) is 29.9 Å². The number of rotatable bonds is 11. The predicted molar refractivity (Wildman–Crippen MR) is 182 cm³/mol. The highest BCUT2D eigenvalue weighted by atomic mass is 19.3. The Hall–Kier alpha value is -4.97. The predicted octanol–water partition coefficient (Wildman–Crippen LogP) is 7.54. The molecule has 10 nitrogen and oxygen atoms in total. The number of alkyl carbamates (subject to hydrolysis) is 1. The molecule has 262 valence electrons. The van der Waals surface area contributed by atoms with E-state index in [9.17, 15) is 23.5 Å². The van der Waals surface area contributed by atoms with Gasteiger partial charge in [-0.2, -0.15) is 0 Å². The number of hydrogen-bond acceptors (Lipinski definition) is 9. The van der Waals surface area contributed by atoms with E-state index >= 15 is 0 Å². The third-order valence-corrected chi connectivity index (χ3v) is 9.61. The maximum Gasteiger partial charge on any atom is 0.407 e. The second-order valence-corrected chi connectivity index (χ2v) is 13.4. The average molecular weight is 686 g/mol. The van der Waals surface area contributed by atoms with Crippen LogP contribution in [0.1, 0.15) is 74.3 Å². The summed E-state index contributed by atoms with van der Waals surface area (Å²) in [5, 5.41) is 17.4. The van der Waals surface area contributed by atoms with Gasteiger partial charge in [-0.15, -0.1) is 0 Å². The minimum atomic E-state index is -2.60. The monoisotopic (exact) mass is 685 g/mol. The number of aryl methyl sites for hydroxylation is 1. The van der Waals surface area contributed by atoms with E-state index < -0.39 is 18.1 Å². The van der Waals surface area contributed by atoms with Crippen molar-refractivity contribution in [2.24, 2.45) is 11.8 Å². The van der Waals surface area contributed by atoms with Gasteiger partial charge in [0.05, 0.1) is 17.3 Å². The molecule has 6 rings (SSSR count). The first kappa shape index (κ1) is 34.9. The average Bonchev–Trinajstić information content (AvgIpc) is 3.10. The van der Waals surface area contributed by atoms with Crippen LogP contribution in [-0.2, 0) is 26.5 Å². The van der Waals surface area contributed by atoms with E-state index in [1.807, 2.05) is 49.4 Å². The Morgan fingerprint density at radius 1 is 0.980 bits per heavy atom. The summed E-state index contributed by atoms with van der Waals surface area (Å²) in [5.74, 6) is 0.176. The lowest BCUT2D eigenvalue weighted by Crippen LogP contribution is -2.49. The van der Waals surface area contributed by atoms with Crippen molar-refractivity contribution in [2.75, 3.05) is 5.32 Å². The summed E-state index contributed by atoms with van der Waals surface area (Å²) in [6, 6.07) is 19.3. The molecular formula is C38H41F2N5O5. The van der Waals surface area contributed by atoms with Crippen LogP contribution in [0.3, 0.4) is 0 Å². The molecule has 50 heavy (non-hydrogen) atoms. The minimum Gasteiger partial charge on any atom is -0.462 e. The van der Waals surface area contributed by atoms with Crippen molar-refractivity contribution in [3.8, 4) is 11.3 Å². The van der Waals surface area contributed by atoms with E-state index in [4.69, 9.17) is 9.47 Å². The Morgan fingerprint density at radius 2 is 1.74 bits per heavy atom. The molecule has 0 unspecified atom stereocenters. The maximum atomic E-state index is 13.1. The summed E-state index contributed by atoms with van der Waals surface area (Å²) >= 11 is 0. The number of esters is 1. The largest absolute Gasteiger partial charge is 0.462 e. The van der Waals surface area contributed by atoms with Crippen LogP contribution < -0.4 is 10.6 Å². The fourth-order valence-electron chi connectivity index (χ4n) is 6.58. The molecule has 2 fully saturated rings. The molecule has 2 aliphatic rings. The van der Waals surface area contributed by atoms with Gasteiger partial charge in [0.15, 0.2) is 0 Å². The molecule has 2 saturated carbocycles.